The van der Waals surface area contributed by atoms with Gasteiger partial charge in [0.25, 0.3) is 0 Å². The van der Waals surface area contributed by atoms with Crippen molar-refractivity contribution in [3.05, 3.63) is 53.7 Å². The van der Waals surface area contributed by atoms with Crippen LogP contribution in [0.2, 0.25) is 0 Å². The van der Waals surface area contributed by atoms with E-state index in [-0.39, 0.29) is 5.75 Å². The first-order chi connectivity index (χ1) is 13.9. The predicted octanol–water partition coefficient (Wildman–Crippen LogP) is 3.68. The SMILES string of the molecule is CCCOc1ncccc1CNC(=NC)NCc1ccc(OCC(F)(F)F)cc1. The summed E-state index contributed by atoms with van der Waals surface area (Å²) in [5.41, 5.74) is 1.79. The van der Waals surface area contributed by atoms with Crippen molar-refractivity contribution >= 4 is 5.96 Å². The Morgan fingerprint density at radius 3 is 2.45 bits per heavy atom. The van der Waals surface area contributed by atoms with Crippen LogP contribution in [0.15, 0.2) is 47.6 Å². The van der Waals surface area contributed by atoms with Gasteiger partial charge in [0.2, 0.25) is 5.88 Å². The Morgan fingerprint density at radius 1 is 1.07 bits per heavy atom. The highest BCUT2D eigenvalue weighted by Crippen LogP contribution is 2.19. The van der Waals surface area contributed by atoms with Crippen molar-refractivity contribution in [3.63, 3.8) is 0 Å². The van der Waals surface area contributed by atoms with Gasteiger partial charge in [-0.1, -0.05) is 25.1 Å². The molecule has 1 aromatic heterocycles. The van der Waals surface area contributed by atoms with E-state index in [4.69, 9.17) is 9.47 Å². The average Bonchev–Trinajstić information content (AvgIpc) is 2.71. The number of halogens is 3. The van der Waals surface area contributed by atoms with Crippen molar-refractivity contribution in [2.45, 2.75) is 32.6 Å². The molecule has 0 aliphatic rings. The second-order valence-electron chi connectivity index (χ2n) is 6.14. The minimum absolute atomic E-state index is 0.171. The quantitative estimate of drug-likeness (QED) is 0.488. The first-order valence-electron chi connectivity index (χ1n) is 9.21. The molecule has 0 saturated carbocycles. The number of nitrogens with zero attached hydrogens (tertiary/aromatic N) is 2. The van der Waals surface area contributed by atoms with Crippen LogP contribution in [0.5, 0.6) is 11.6 Å². The minimum atomic E-state index is -4.35. The molecule has 0 bridgehead atoms. The molecule has 2 N–H and O–H groups in total. The summed E-state index contributed by atoms with van der Waals surface area (Å²) in [5, 5.41) is 6.34. The third-order valence-corrected chi connectivity index (χ3v) is 3.75. The van der Waals surface area contributed by atoms with Crippen LogP contribution in [-0.4, -0.2) is 37.4 Å². The van der Waals surface area contributed by atoms with E-state index in [1.807, 2.05) is 19.1 Å². The number of ether oxygens (including phenoxy) is 2. The van der Waals surface area contributed by atoms with Crippen LogP contribution in [0.3, 0.4) is 0 Å². The summed E-state index contributed by atoms with van der Waals surface area (Å²) in [7, 11) is 1.65. The van der Waals surface area contributed by atoms with Crippen molar-refractivity contribution < 1.29 is 22.6 Å². The molecule has 29 heavy (non-hydrogen) atoms. The lowest BCUT2D eigenvalue weighted by atomic mass is 10.2. The van der Waals surface area contributed by atoms with Gasteiger partial charge in [-0.2, -0.15) is 13.2 Å². The highest BCUT2D eigenvalue weighted by molar-refractivity contribution is 5.79. The fraction of sp³-hybridized carbons (Fsp3) is 0.400. The van der Waals surface area contributed by atoms with Gasteiger partial charge >= 0.3 is 6.18 Å². The van der Waals surface area contributed by atoms with Gasteiger partial charge in [0.15, 0.2) is 12.6 Å². The summed E-state index contributed by atoms with van der Waals surface area (Å²) in [5.74, 6) is 1.34. The smallest absolute Gasteiger partial charge is 0.422 e. The number of guanidine groups is 1. The van der Waals surface area contributed by atoms with E-state index in [0.29, 0.717) is 31.5 Å². The lowest BCUT2D eigenvalue weighted by Crippen LogP contribution is -2.36. The lowest BCUT2D eigenvalue weighted by Gasteiger charge is -2.14. The zero-order valence-electron chi connectivity index (χ0n) is 16.4. The molecule has 0 atom stereocenters. The average molecular weight is 410 g/mol. The number of benzene rings is 1. The molecule has 0 radical (unpaired) electrons. The molecule has 0 spiro atoms. The summed E-state index contributed by atoms with van der Waals surface area (Å²) in [4.78, 5) is 8.41. The number of aliphatic imine (C=N–C) groups is 1. The summed E-state index contributed by atoms with van der Waals surface area (Å²) in [6.45, 7) is 2.25. The Labute approximate surface area is 168 Å². The zero-order valence-corrected chi connectivity index (χ0v) is 16.4. The normalized spacial score (nSPS) is 11.8. The Bertz CT molecular complexity index is 780. The second-order valence-corrected chi connectivity index (χ2v) is 6.14. The summed E-state index contributed by atoms with van der Waals surface area (Å²) >= 11 is 0. The summed E-state index contributed by atoms with van der Waals surface area (Å²) in [6.07, 6.45) is -1.77. The molecular weight excluding hydrogens is 385 g/mol. The molecule has 0 unspecified atom stereocenters. The molecule has 1 heterocycles. The molecule has 9 heteroatoms. The highest BCUT2D eigenvalue weighted by atomic mass is 19.4. The Hall–Kier alpha value is -2.97. The van der Waals surface area contributed by atoms with Gasteiger partial charge in [0.05, 0.1) is 6.61 Å². The van der Waals surface area contributed by atoms with Gasteiger partial charge in [-0.3, -0.25) is 4.99 Å². The van der Waals surface area contributed by atoms with Crippen molar-refractivity contribution in [2.75, 3.05) is 20.3 Å². The fourth-order valence-electron chi connectivity index (χ4n) is 2.34. The van der Waals surface area contributed by atoms with Crippen LogP contribution in [0.4, 0.5) is 13.2 Å². The molecule has 0 amide bonds. The molecule has 0 aliphatic carbocycles. The van der Waals surface area contributed by atoms with Crippen LogP contribution >= 0.6 is 0 Å². The Balaban J connectivity index is 1.84. The topological polar surface area (TPSA) is 67.8 Å². The highest BCUT2D eigenvalue weighted by Gasteiger charge is 2.28. The monoisotopic (exact) mass is 410 g/mol. The van der Waals surface area contributed by atoms with E-state index < -0.39 is 12.8 Å². The van der Waals surface area contributed by atoms with Crippen molar-refractivity contribution in [1.29, 1.82) is 0 Å². The maximum atomic E-state index is 12.2. The third kappa shape index (κ3) is 8.28. The number of hydrogen-bond acceptors (Lipinski definition) is 4. The van der Waals surface area contributed by atoms with E-state index >= 15 is 0 Å². The van der Waals surface area contributed by atoms with E-state index in [9.17, 15) is 13.2 Å². The molecule has 0 fully saturated rings. The number of aromatic nitrogens is 1. The Kier molecular flexibility index (Phi) is 8.57. The second kappa shape index (κ2) is 11.1. The number of hydrogen-bond donors (Lipinski definition) is 2. The van der Waals surface area contributed by atoms with E-state index in [0.717, 1.165) is 17.5 Å². The van der Waals surface area contributed by atoms with Crippen LogP contribution in [0.25, 0.3) is 0 Å². The molecule has 1 aromatic carbocycles. The van der Waals surface area contributed by atoms with Crippen LogP contribution in [-0.2, 0) is 13.1 Å². The lowest BCUT2D eigenvalue weighted by molar-refractivity contribution is -0.153. The van der Waals surface area contributed by atoms with Crippen LogP contribution in [0, 0.1) is 0 Å². The largest absolute Gasteiger partial charge is 0.484 e. The zero-order chi connectivity index (χ0) is 21.1. The van der Waals surface area contributed by atoms with E-state index in [1.165, 1.54) is 12.1 Å². The third-order valence-electron chi connectivity index (χ3n) is 3.75. The molecule has 6 nitrogen and oxygen atoms in total. The Morgan fingerprint density at radius 2 is 1.79 bits per heavy atom. The summed E-state index contributed by atoms with van der Waals surface area (Å²) < 4.78 is 46.9. The van der Waals surface area contributed by atoms with Gasteiger partial charge in [0.1, 0.15) is 5.75 Å². The van der Waals surface area contributed by atoms with Gasteiger partial charge in [0, 0.05) is 31.9 Å². The maximum absolute atomic E-state index is 12.2. The number of pyridine rings is 1. The molecule has 158 valence electrons. The molecule has 0 aliphatic heterocycles. The first-order valence-corrected chi connectivity index (χ1v) is 9.21. The first kappa shape index (κ1) is 22.3. The van der Waals surface area contributed by atoms with Crippen LogP contribution < -0.4 is 20.1 Å². The molecular formula is C20H25F3N4O2. The van der Waals surface area contributed by atoms with Gasteiger partial charge in [-0.25, -0.2) is 4.98 Å². The maximum Gasteiger partial charge on any atom is 0.422 e. The fourth-order valence-corrected chi connectivity index (χ4v) is 2.34. The van der Waals surface area contributed by atoms with Gasteiger partial charge < -0.3 is 20.1 Å². The van der Waals surface area contributed by atoms with E-state index in [1.54, 1.807) is 25.4 Å². The minimum Gasteiger partial charge on any atom is -0.484 e. The van der Waals surface area contributed by atoms with Gasteiger partial charge in [-0.05, 0) is 30.2 Å². The number of rotatable bonds is 9. The standard InChI is InChI=1S/C20H25F3N4O2/c1-3-11-28-18-16(5-4-10-25-18)13-27-19(24-2)26-12-15-6-8-17(9-7-15)29-14-20(21,22)23/h4-10H,3,11-14H2,1-2H3,(H2,24,26,27). The van der Waals surface area contributed by atoms with Crippen molar-refractivity contribution in [2.24, 2.45) is 4.99 Å². The molecule has 2 rings (SSSR count). The number of nitrogens with one attached hydrogen (secondary N) is 2. The van der Waals surface area contributed by atoms with E-state index in [2.05, 4.69) is 20.6 Å². The molecule has 2 aromatic rings. The number of alkyl halides is 3. The van der Waals surface area contributed by atoms with Gasteiger partial charge in [-0.15, -0.1) is 0 Å². The summed E-state index contributed by atoms with van der Waals surface area (Å²) in [6, 6.07) is 10.2. The van der Waals surface area contributed by atoms with Crippen molar-refractivity contribution in [1.82, 2.24) is 15.6 Å². The van der Waals surface area contributed by atoms with Crippen LogP contribution in [0.1, 0.15) is 24.5 Å². The van der Waals surface area contributed by atoms with Crippen molar-refractivity contribution in [3.8, 4) is 11.6 Å². The predicted molar refractivity (Wildman–Crippen MR) is 105 cm³/mol. The molecule has 0 saturated heterocycles.